The summed E-state index contributed by atoms with van der Waals surface area (Å²) in [7, 11) is 0. The van der Waals surface area contributed by atoms with E-state index in [0.717, 1.165) is 5.56 Å². The summed E-state index contributed by atoms with van der Waals surface area (Å²) in [6.07, 6.45) is -0.0803. The van der Waals surface area contributed by atoms with E-state index in [1.54, 1.807) is 11.8 Å². The Morgan fingerprint density at radius 2 is 2.09 bits per heavy atom. The molecule has 0 saturated carbocycles. The predicted molar refractivity (Wildman–Crippen MR) is 87.5 cm³/mol. The number of fused-ring (bicyclic) bond motifs is 1. The van der Waals surface area contributed by atoms with Crippen molar-refractivity contribution in [3.63, 3.8) is 0 Å². The molecule has 2 saturated heterocycles. The zero-order valence-corrected chi connectivity index (χ0v) is 13.6. The van der Waals surface area contributed by atoms with E-state index < -0.39 is 5.91 Å². The van der Waals surface area contributed by atoms with Gasteiger partial charge in [0.1, 0.15) is 5.75 Å². The highest BCUT2D eigenvalue weighted by molar-refractivity contribution is 8.00. The van der Waals surface area contributed by atoms with Crippen molar-refractivity contribution >= 4 is 23.6 Å². The number of carbonyl (C=O) groups is 2. The Kier molecular flexibility index (Phi) is 4.74. The summed E-state index contributed by atoms with van der Waals surface area (Å²) in [5.74, 6) is 0.818. The quantitative estimate of drug-likeness (QED) is 0.612. The van der Waals surface area contributed by atoms with E-state index in [4.69, 9.17) is 10.5 Å². The highest BCUT2D eigenvalue weighted by Gasteiger charge is 2.42. The van der Waals surface area contributed by atoms with Gasteiger partial charge in [0.15, 0.2) is 6.61 Å². The number of hydrogen-bond acceptors (Lipinski definition) is 6. The maximum Gasteiger partial charge on any atom is 0.255 e. The number of nitrogens with two attached hydrogens (primary N) is 1. The fourth-order valence-corrected chi connectivity index (χ4v) is 4.37. The van der Waals surface area contributed by atoms with Gasteiger partial charge < -0.3 is 15.8 Å². The number of thioether (sulfide) groups is 1. The lowest BCUT2D eigenvalue weighted by atomic mass is 9.91. The molecular weight excluding hydrogens is 316 g/mol. The molecule has 2 heterocycles. The number of hydrogen-bond donors (Lipinski definition) is 4. The van der Waals surface area contributed by atoms with Gasteiger partial charge in [0, 0.05) is 17.2 Å². The van der Waals surface area contributed by atoms with Crippen LogP contribution in [0.15, 0.2) is 24.3 Å². The molecule has 2 amide bonds. The molecule has 7 nitrogen and oxygen atoms in total. The molecule has 0 aromatic heterocycles. The summed E-state index contributed by atoms with van der Waals surface area (Å²) in [4.78, 5) is 22.6. The summed E-state index contributed by atoms with van der Waals surface area (Å²) in [5, 5.41) is 3.19. The molecular formula is C15H20N4O3S. The summed E-state index contributed by atoms with van der Waals surface area (Å²) in [6, 6.07) is 7.85. The fraction of sp³-hybridized carbons (Fsp3) is 0.467. The highest BCUT2D eigenvalue weighted by atomic mass is 32.2. The van der Waals surface area contributed by atoms with Crippen LogP contribution in [0.4, 0.5) is 0 Å². The lowest BCUT2D eigenvalue weighted by molar-refractivity contribution is -0.120. The Hall–Kier alpha value is -1.77. The lowest BCUT2D eigenvalue weighted by Crippen LogP contribution is -2.46. The first-order valence-corrected chi connectivity index (χ1v) is 8.52. The van der Waals surface area contributed by atoms with Gasteiger partial charge >= 0.3 is 0 Å². The smallest absolute Gasteiger partial charge is 0.255 e. The lowest BCUT2D eigenvalue weighted by Gasteiger charge is -2.27. The predicted octanol–water partition coefficient (Wildman–Crippen LogP) is -0.107. The van der Waals surface area contributed by atoms with Gasteiger partial charge in [0.2, 0.25) is 5.91 Å². The van der Waals surface area contributed by atoms with Gasteiger partial charge in [0.05, 0.1) is 11.9 Å². The Bertz CT molecular complexity index is 595. The topological polar surface area (TPSA) is 105 Å². The van der Waals surface area contributed by atoms with E-state index in [2.05, 4.69) is 23.1 Å². The van der Waals surface area contributed by atoms with Gasteiger partial charge in [-0.25, -0.2) is 5.43 Å². The average Bonchev–Trinajstić information content (AvgIpc) is 2.78. The molecule has 0 spiro atoms. The molecule has 0 aliphatic carbocycles. The van der Waals surface area contributed by atoms with Crippen LogP contribution >= 0.6 is 11.8 Å². The average molecular weight is 336 g/mol. The zero-order valence-electron chi connectivity index (χ0n) is 12.7. The molecule has 1 aromatic carbocycles. The number of ether oxygens (including phenoxy) is 1. The Labute approximate surface area is 138 Å². The molecule has 1 aromatic rings. The van der Waals surface area contributed by atoms with Crippen LogP contribution in [0.5, 0.6) is 5.75 Å². The maximum absolute atomic E-state index is 11.8. The SMILES string of the molecule is CC1NNC2NC(=O)CSC(c3ccc(OCC(N)=O)cc3)C12. The Morgan fingerprint density at radius 3 is 2.78 bits per heavy atom. The van der Waals surface area contributed by atoms with Crippen molar-refractivity contribution in [3.05, 3.63) is 29.8 Å². The summed E-state index contributed by atoms with van der Waals surface area (Å²) in [6.45, 7) is 1.97. The van der Waals surface area contributed by atoms with Gasteiger partial charge in [0.25, 0.3) is 5.91 Å². The molecule has 0 bridgehead atoms. The number of amides is 2. The van der Waals surface area contributed by atoms with Crippen molar-refractivity contribution in [2.75, 3.05) is 12.4 Å². The molecule has 4 atom stereocenters. The van der Waals surface area contributed by atoms with E-state index in [-0.39, 0.29) is 35.9 Å². The molecule has 23 heavy (non-hydrogen) atoms. The van der Waals surface area contributed by atoms with Crippen LogP contribution in [0.3, 0.4) is 0 Å². The van der Waals surface area contributed by atoms with Crippen LogP contribution in [0.2, 0.25) is 0 Å². The monoisotopic (exact) mass is 336 g/mol. The molecule has 2 fully saturated rings. The summed E-state index contributed by atoms with van der Waals surface area (Å²) in [5.41, 5.74) is 12.6. The molecule has 2 aliphatic heterocycles. The van der Waals surface area contributed by atoms with Crippen LogP contribution in [-0.4, -0.2) is 36.4 Å². The third kappa shape index (κ3) is 3.60. The number of primary amides is 1. The third-order valence-corrected chi connectivity index (χ3v) is 5.45. The van der Waals surface area contributed by atoms with Crippen molar-refractivity contribution in [3.8, 4) is 5.75 Å². The first-order valence-electron chi connectivity index (χ1n) is 7.47. The standard InChI is InChI=1S/C15H20N4O3S/c1-8-13-14(23-7-12(21)17-15(13)19-18-8)9-2-4-10(5-3-9)22-6-11(16)20/h2-5,8,13-15,18-19H,6-7H2,1H3,(H2,16,20)(H,17,21). The maximum atomic E-state index is 11.8. The summed E-state index contributed by atoms with van der Waals surface area (Å²) < 4.78 is 5.29. The van der Waals surface area contributed by atoms with Crippen LogP contribution in [0.25, 0.3) is 0 Å². The second-order valence-electron chi connectivity index (χ2n) is 5.76. The number of rotatable bonds is 4. The van der Waals surface area contributed by atoms with Crippen molar-refractivity contribution < 1.29 is 14.3 Å². The van der Waals surface area contributed by atoms with Gasteiger partial charge in [-0.3, -0.25) is 15.0 Å². The Morgan fingerprint density at radius 1 is 1.35 bits per heavy atom. The molecule has 8 heteroatoms. The largest absolute Gasteiger partial charge is 0.484 e. The van der Waals surface area contributed by atoms with Crippen LogP contribution in [0.1, 0.15) is 17.7 Å². The molecule has 5 N–H and O–H groups in total. The zero-order chi connectivity index (χ0) is 16.4. The van der Waals surface area contributed by atoms with E-state index >= 15 is 0 Å². The molecule has 124 valence electrons. The van der Waals surface area contributed by atoms with E-state index in [0.29, 0.717) is 11.5 Å². The van der Waals surface area contributed by atoms with E-state index in [9.17, 15) is 9.59 Å². The highest BCUT2D eigenvalue weighted by Crippen LogP contribution is 2.42. The summed E-state index contributed by atoms with van der Waals surface area (Å²) >= 11 is 1.64. The van der Waals surface area contributed by atoms with Crippen molar-refractivity contribution in [2.45, 2.75) is 24.4 Å². The van der Waals surface area contributed by atoms with Gasteiger partial charge in [-0.15, -0.1) is 11.8 Å². The minimum absolute atomic E-state index is 0.0392. The second-order valence-corrected chi connectivity index (χ2v) is 6.89. The number of hydrazine groups is 1. The third-order valence-electron chi connectivity index (χ3n) is 4.08. The molecule has 0 radical (unpaired) electrons. The van der Waals surface area contributed by atoms with Gasteiger partial charge in [-0.05, 0) is 24.6 Å². The van der Waals surface area contributed by atoms with Crippen molar-refractivity contribution in [2.24, 2.45) is 11.7 Å². The first kappa shape index (κ1) is 16.1. The van der Waals surface area contributed by atoms with Gasteiger partial charge in [-0.2, -0.15) is 0 Å². The number of benzene rings is 1. The molecule has 4 unspecified atom stereocenters. The minimum atomic E-state index is -0.502. The first-order chi connectivity index (χ1) is 11.0. The van der Waals surface area contributed by atoms with E-state index in [1.165, 1.54) is 0 Å². The van der Waals surface area contributed by atoms with Crippen molar-refractivity contribution in [1.29, 1.82) is 0 Å². The number of nitrogens with one attached hydrogen (secondary N) is 3. The minimum Gasteiger partial charge on any atom is -0.484 e. The van der Waals surface area contributed by atoms with Crippen LogP contribution < -0.4 is 26.6 Å². The molecule has 3 rings (SSSR count). The van der Waals surface area contributed by atoms with E-state index in [1.807, 2.05) is 24.3 Å². The van der Waals surface area contributed by atoms with Crippen molar-refractivity contribution in [1.82, 2.24) is 16.2 Å². The normalized spacial score (nSPS) is 30.2. The van der Waals surface area contributed by atoms with Crippen LogP contribution in [-0.2, 0) is 9.59 Å². The number of carbonyl (C=O) groups excluding carboxylic acids is 2. The van der Waals surface area contributed by atoms with Crippen LogP contribution in [0, 0.1) is 5.92 Å². The molecule has 2 aliphatic rings. The second kappa shape index (κ2) is 6.77. The Balaban J connectivity index is 1.78. The van der Waals surface area contributed by atoms with Gasteiger partial charge in [-0.1, -0.05) is 12.1 Å². The fourth-order valence-electron chi connectivity index (χ4n) is 2.99.